The van der Waals surface area contributed by atoms with Crippen LogP contribution in [0.2, 0.25) is 25.7 Å². The van der Waals surface area contributed by atoms with Crippen LogP contribution in [0.15, 0.2) is 33.5 Å². The summed E-state index contributed by atoms with van der Waals surface area (Å²) in [6, 6.07) is 11.9. The van der Waals surface area contributed by atoms with Gasteiger partial charge < -0.3 is 0 Å². The van der Waals surface area contributed by atoms with Crippen LogP contribution in [0.3, 0.4) is 0 Å². The Morgan fingerprint density at radius 1 is 1.42 bits per heavy atom. The third-order valence-corrected chi connectivity index (χ3v) is 8.02. The molecule has 1 aromatic carbocycles. The Balaban J connectivity index is 0.00000180. The van der Waals surface area contributed by atoms with Crippen LogP contribution in [0, 0.1) is 6.07 Å². The van der Waals surface area contributed by atoms with Crippen molar-refractivity contribution in [3.8, 4) is 0 Å². The van der Waals surface area contributed by atoms with Crippen molar-refractivity contribution < 1.29 is 23.1 Å². The zero-order chi connectivity index (χ0) is 13.2. The van der Waals surface area contributed by atoms with Crippen molar-refractivity contribution >= 4 is 17.8 Å². The molecule has 5 heteroatoms. The van der Waals surface area contributed by atoms with E-state index in [0.29, 0.717) is 0 Å². The first-order valence-corrected chi connectivity index (χ1v) is 11.9. The predicted molar refractivity (Wildman–Crippen MR) is 80.2 cm³/mol. The first-order valence-electron chi connectivity index (χ1n) is 6.60. The van der Waals surface area contributed by atoms with E-state index < -0.39 is 17.8 Å². The van der Waals surface area contributed by atoms with Crippen LogP contribution >= 0.6 is 0 Å². The number of rotatable bonds is 3. The summed E-state index contributed by atoms with van der Waals surface area (Å²) >= 11 is 0. The second kappa shape index (κ2) is 6.62. The Morgan fingerprint density at radius 2 is 2.16 bits per heavy atom. The average molecular weight is 287 g/mol. The van der Waals surface area contributed by atoms with Gasteiger partial charge in [0.15, 0.2) is 0 Å². The molecule has 1 aliphatic rings. The Bertz CT molecular complexity index is 518. The summed E-state index contributed by atoms with van der Waals surface area (Å²) in [6.07, 6.45) is 2.13. The van der Waals surface area contributed by atoms with Gasteiger partial charge in [-0.1, -0.05) is 24.5 Å². The molecule has 1 aromatic rings. The van der Waals surface area contributed by atoms with Gasteiger partial charge in [-0.05, 0) is 18.9 Å². The summed E-state index contributed by atoms with van der Waals surface area (Å²) in [4.78, 5) is 0.813. The van der Waals surface area contributed by atoms with E-state index >= 15 is 0 Å². The van der Waals surface area contributed by atoms with Gasteiger partial charge in [0.05, 0.1) is 9.73 Å². The third-order valence-electron chi connectivity index (χ3n) is 3.25. The summed E-state index contributed by atoms with van der Waals surface area (Å²) < 4.78 is 17.8. The van der Waals surface area contributed by atoms with Gasteiger partial charge in [-0.25, -0.2) is 8.57 Å². The number of benzene rings is 1. The van der Waals surface area contributed by atoms with E-state index in [9.17, 15) is 4.21 Å². The molecule has 0 saturated carbocycles. The quantitative estimate of drug-likeness (QED) is 0.598. The second-order valence-corrected chi connectivity index (χ2v) is 14.2. The fraction of sp³-hybridized carbons (Fsp3) is 0.571. The maximum absolute atomic E-state index is 13.2. The van der Waals surface area contributed by atoms with Gasteiger partial charge in [0, 0.05) is 19.9 Å². The Morgan fingerprint density at radius 3 is 2.74 bits per heavy atom. The zero-order valence-electron chi connectivity index (χ0n) is 12.5. The molecule has 0 amide bonds. The summed E-state index contributed by atoms with van der Waals surface area (Å²) in [6.45, 7) is 7.77. The van der Waals surface area contributed by atoms with Crippen LogP contribution in [-0.2, 0) is 9.73 Å². The van der Waals surface area contributed by atoms with Crippen LogP contribution in [0.5, 0.6) is 0 Å². The normalized spacial score (nSPS) is 27.2. The van der Waals surface area contributed by atoms with E-state index in [4.69, 9.17) is 0 Å². The molecule has 2 nitrogen and oxygen atoms in total. The van der Waals surface area contributed by atoms with Gasteiger partial charge in [-0.2, -0.15) is 30.3 Å². The molecule has 100 valence electrons. The molecule has 0 bridgehead atoms. The van der Waals surface area contributed by atoms with Crippen molar-refractivity contribution in [3.63, 3.8) is 0 Å². The minimum atomic E-state index is -2.24. The fourth-order valence-corrected chi connectivity index (χ4v) is 8.57. The van der Waals surface area contributed by atoms with Crippen LogP contribution in [0.4, 0.5) is 0 Å². The van der Waals surface area contributed by atoms with Crippen LogP contribution in [-0.4, -0.2) is 24.1 Å². The maximum atomic E-state index is 13.2. The SMILES string of the molecule is C[Si](C)(C)C[C@@H]1CCCN=[S@@]1(=O)c1[c-]cccc1.[Li+]. The summed E-state index contributed by atoms with van der Waals surface area (Å²) in [7, 11) is -3.46. The standard InChI is InChI=1S/C14H22NOSSi.Li/c1-18(2,3)12-14-10-7-11-15-17(14,16)13-8-5-4-6-9-13;/h4-6,8,14H,7,10-12H2,1-3H3;/q-1;+1/t14-,17+;/m0./s1. The molecule has 1 heterocycles. The van der Waals surface area contributed by atoms with Crippen LogP contribution < -0.4 is 18.9 Å². The van der Waals surface area contributed by atoms with Gasteiger partial charge >= 0.3 is 18.9 Å². The predicted octanol–water partition coefficient (Wildman–Crippen LogP) is 0.818. The Hall–Kier alpha value is -0.0157. The number of hydrogen-bond donors (Lipinski definition) is 0. The smallest absolute Gasteiger partial charge is 0.247 e. The van der Waals surface area contributed by atoms with E-state index in [1.165, 1.54) is 0 Å². The van der Waals surface area contributed by atoms with E-state index in [1.807, 2.05) is 24.3 Å². The van der Waals surface area contributed by atoms with Crippen LogP contribution in [0.1, 0.15) is 12.8 Å². The summed E-state index contributed by atoms with van der Waals surface area (Å²) in [5.74, 6) is 0. The van der Waals surface area contributed by atoms with Crippen molar-refractivity contribution in [2.24, 2.45) is 4.36 Å². The van der Waals surface area contributed by atoms with Crippen molar-refractivity contribution in [2.45, 2.75) is 48.7 Å². The maximum Gasteiger partial charge on any atom is 1.00 e. The summed E-state index contributed by atoms with van der Waals surface area (Å²) in [5.41, 5.74) is 0. The minimum absolute atomic E-state index is 0. The second-order valence-electron chi connectivity index (χ2n) is 6.18. The summed E-state index contributed by atoms with van der Waals surface area (Å²) in [5, 5.41) is 0.233. The number of nitrogens with zero attached hydrogens (tertiary/aromatic N) is 1. The van der Waals surface area contributed by atoms with Gasteiger partial charge in [0.25, 0.3) is 0 Å². The first kappa shape index (κ1) is 17.0. The Kier molecular flexibility index (Phi) is 5.94. The van der Waals surface area contributed by atoms with Crippen molar-refractivity contribution in [2.75, 3.05) is 6.54 Å². The molecule has 2 rings (SSSR count). The minimum Gasteiger partial charge on any atom is -0.247 e. The molecular formula is C14H22LiNOSSi. The zero-order valence-corrected chi connectivity index (χ0v) is 14.3. The molecule has 0 spiro atoms. The first-order chi connectivity index (χ1) is 8.42. The molecule has 0 aliphatic carbocycles. The van der Waals surface area contributed by atoms with Crippen molar-refractivity contribution in [1.82, 2.24) is 0 Å². The molecule has 0 radical (unpaired) electrons. The topological polar surface area (TPSA) is 29.4 Å². The molecule has 2 atom stereocenters. The Labute approximate surface area is 130 Å². The monoisotopic (exact) mass is 287 g/mol. The number of hydrogen-bond acceptors (Lipinski definition) is 2. The van der Waals surface area contributed by atoms with Crippen molar-refractivity contribution in [3.05, 3.63) is 30.3 Å². The molecule has 19 heavy (non-hydrogen) atoms. The van der Waals surface area contributed by atoms with Gasteiger partial charge in [-0.3, -0.25) is 0 Å². The fourth-order valence-electron chi connectivity index (χ4n) is 2.49. The molecule has 0 fully saturated rings. The van der Waals surface area contributed by atoms with E-state index in [-0.39, 0.29) is 24.1 Å². The molecular weight excluding hydrogens is 265 g/mol. The molecule has 1 aliphatic heterocycles. The molecule has 0 aromatic heterocycles. The molecule has 0 N–H and O–H groups in total. The van der Waals surface area contributed by atoms with E-state index in [2.05, 4.69) is 30.1 Å². The molecule has 0 saturated heterocycles. The van der Waals surface area contributed by atoms with Gasteiger partial charge in [0.2, 0.25) is 0 Å². The average Bonchev–Trinajstić information content (AvgIpc) is 2.32. The van der Waals surface area contributed by atoms with Gasteiger partial charge in [0.1, 0.15) is 0 Å². The largest absolute Gasteiger partial charge is 1.00 e. The van der Waals surface area contributed by atoms with E-state index in [0.717, 1.165) is 30.3 Å². The molecule has 0 unspecified atom stereocenters. The third kappa shape index (κ3) is 4.22. The van der Waals surface area contributed by atoms with Crippen LogP contribution in [0.25, 0.3) is 0 Å². The van der Waals surface area contributed by atoms with Crippen molar-refractivity contribution in [1.29, 1.82) is 0 Å². The van der Waals surface area contributed by atoms with E-state index in [1.54, 1.807) is 0 Å². The van der Waals surface area contributed by atoms with Gasteiger partial charge in [-0.15, -0.1) is 0 Å².